The normalized spacial score (nSPS) is 20.5. The molecule has 0 unspecified atom stereocenters. The SMILES string of the molecule is O=C(CCn1c2c3c(c1CCC2)CC3)N1CCNCC1. The Balaban J connectivity index is 1.45. The van der Waals surface area contributed by atoms with Crippen molar-refractivity contribution in [2.75, 3.05) is 26.2 Å². The Morgan fingerprint density at radius 1 is 1.00 bits per heavy atom. The Morgan fingerprint density at radius 3 is 2.25 bits per heavy atom. The van der Waals surface area contributed by atoms with Crippen molar-refractivity contribution in [2.45, 2.75) is 45.1 Å². The summed E-state index contributed by atoms with van der Waals surface area (Å²) in [5.41, 5.74) is 6.38. The Hall–Kier alpha value is -1.29. The summed E-state index contributed by atoms with van der Waals surface area (Å²) >= 11 is 0. The van der Waals surface area contributed by atoms with Gasteiger partial charge in [0.25, 0.3) is 0 Å². The van der Waals surface area contributed by atoms with E-state index >= 15 is 0 Å². The molecule has 3 aliphatic rings. The monoisotopic (exact) mass is 273 g/mol. The summed E-state index contributed by atoms with van der Waals surface area (Å²) in [7, 11) is 0. The molecule has 20 heavy (non-hydrogen) atoms. The maximum absolute atomic E-state index is 12.3. The molecule has 4 rings (SSSR count). The van der Waals surface area contributed by atoms with E-state index in [1.165, 1.54) is 32.1 Å². The van der Waals surface area contributed by atoms with Gasteiger partial charge in [-0.15, -0.1) is 0 Å². The topological polar surface area (TPSA) is 37.3 Å². The van der Waals surface area contributed by atoms with Crippen LogP contribution in [0.15, 0.2) is 0 Å². The van der Waals surface area contributed by atoms with Crippen LogP contribution >= 0.6 is 0 Å². The van der Waals surface area contributed by atoms with Crippen LogP contribution in [0, 0.1) is 0 Å². The molecule has 2 bridgehead atoms. The van der Waals surface area contributed by atoms with Gasteiger partial charge in [-0.1, -0.05) is 0 Å². The van der Waals surface area contributed by atoms with Gasteiger partial charge >= 0.3 is 0 Å². The van der Waals surface area contributed by atoms with E-state index in [2.05, 4.69) is 9.88 Å². The van der Waals surface area contributed by atoms with Crippen molar-refractivity contribution in [3.8, 4) is 0 Å². The summed E-state index contributed by atoms with van der Waals surface area (Å²) in [6.07, 6.45) is 6.98. The molecule has 0 radical (unpaired) electrons. The fraction of sp³-hybridized carbons (Fsp3) is 0.688. The van der Waals surface area contributed by atoms with E-state index in [-0.39, 0.29) is 0 Å². The lowest BCUT2D eigenvalue weighted by atomic mass is 9.90. The molecule has 1 aromatic heterocycles. The zero-order valence-electron chi connectivity index (χ0n) is 12.1. The Labute approximate surface area is 120 Å². The molecule has 0 saturated carbocycles. The van der Waals surface area contributed by atoms with Crippen molar-refractivity contribution in [3.05, 3.63) is 22.5 Å². The summed E-state index contributed by atoms with van der Waals surface area (Å²) in [6, 6.07) is 0. The number of rotatable bonds is 3. The van der Waals surface area contributed by atoms with Crippen LogP contribution in [0.4, 0.5) is 0 Å². The number of piperazine rings is 1. The standard InChI is InChI=1S/C16H23N3O/c20-16(18-10-7-17-8-11-18)6-9-19-14-2-1-3-15(19)13-5-4-12(13)14/h17H,1-11H2. The lowest BCUT2D eigenvalue weighted by molar-refractivity contribution is -0.132. The summed E-state index contributed by atoms with van der Waals surface area (Å²) in [5.74, 6) is 0.333. The third-order valence-electron chi connectivity index (χ3n) is 5.18. The highest BCUT2D eigenvalue weighted by Gasteiger charge is 2.30. The van der Waals surface area contributed by atoms with Crippen LogP contribution in [0.25, 0.3) is 0 Å². The van der Waals surface area contributed by atoms with E-state index in [4.69, 9.17) is 0 Å². The zero-order chi connectivity index (χ0) is 13.5. The van der Waals surface area contributed by atoms with E-state index in [9.17, 15) is 4.79 Å². The second kappa shape index (κ2) is 4.92. The number of carbonyl (C=O) groups is 1. The summed E-state index contributed by atoms with van der Waals surface area (Å²) in [6.45, 7) is 4.54. The smallest absolute Gasteiger partial charge is 0.224 e. The summed E-state index contributed by atoms with van der Waals surface area (Å²) in [5, 5.41) is 3.30. The number of carbonyl (C=O) groups excluding carboxylic acids is 1. The summed E-state index contributed by atoms with van der Waals surface area (Å²) < 4.78 is 2.49. The fourth-order valence-electron chi connectivity index (χ4n) is 4.05. The number of aromatic nitrogens is 1. The molecule has 1 aliphatic carbocycles. The molecule has 0 atom stereocenters. The highest BCUT2D eigenvalue weighted by Crippen LogP contribution is 2.37. The van der Waals surface area contributed by atoms with Crippen molar-refractivity contribution in [3.63, 3.8) is 0 Å². The van der Waals surface area contributed by atoms with Gasteiger partial charge in [0.1, 0.15) is 0 Å². The van der Waals surface area contributed by atoms with E-state index in [1.807, 2.05) is 4.90 Å². The number of amides is 1. The molecule has 1 amide bonds. The third-order valence-corrected chi connectivity index (χ3v) is 5.18. The number of hydrogen-bond donors (Lipinski definition) is 1. The minimum atomic E-state index is 0.333. The summed E-state index contributed by atoms with van der Waals surface area (Å²) in [4.78, 5) is 14.3. The highest BCUT2D eigenvalue weighted by atomic mass is 16.2. The predicted molar refractivity (Wildman–Crippen MR) is 77.9 cm³/mol. The molecule has 2 aliphatic heterocycles. The molecule has 0 spiro atoms. The quantitative estimate of drug-likeness (QED) is 0.888. The molecule has 0 aromatic carbocycles. The van der Waals surface area contributed by atoms with Gasteiger partial charge in [0.15, 0.2) is 0 Å². The second-order valence-corrected chi connectivity index (χ2v) is 6.24. The van der Waals surface area contributed by atoms with Crippen LogP contribution in [0.2, 0.25) is 0 Å². The minimum absolute atomic E-state index is 0.333. The van der Waals surface area contributed by atoms with Gasteiger partial charge in [-0.05, 0) is 43.2 Å². The van der Waals surface area contributed by atoms with Crippen LogP contribution in [-0.4, -0.2) is 41.6 Å². The first-order valence-electron chi connectivity index (χ1n) is 8.05. The lowest BCUT2D eigenvalue weighted by Crippen LogP contribution is -2.46. The van der Waals surface area contributed by atoms with Crippen LogP contribution in [-0.2, 0) is 37.0 Å². The van der Waals surface area contributed by atoms with Crippen LogP contribution < -0.4 is 5.32 Å². The molecule has 108 valence electrons. The Kier molecular flexibility index (Phi) is 3.06. The van der Waals surface area contributed by atoms with Gasteiger partial charge < -0.3 is 14.8 Å². The van der Waals surface area contributed by atoms with E-state index in [0.717, 1.165) is 32.7 Å². The van der Waals surface area contributed by atoms with Gasteiger partial charge in [-0.2, -0.15) is 0 Å². The molecule has 1 N–H and O–H groups in total. The van der Waals surface area contributed by atoms with Gasteiger partial charge in [0.05, 0.1) is 0 Å². The van der Waals surface area contributed by atoms with E-state index < -0.39 is 0 Å². The molecule has 1 fully saturated rings. The van der Waals surface area contributed by atoms with E-state index in [1.54, 1.807) is 22.5 Å². The molecule has 1 aromatic rings. The average Bonchev–Trinajstić information content (AvgIpc) is 2.56. The van der Waals surface area contributed by atoms with Crippen molar-refractivity contribution in [1.82, 2.24) is 14.8 Å². The molecular formula is C16H23N3O. The van der Waals surface area contributed by atoms with Gasteiger partial charge in [0, 0.05) is 50.5 Å². The first-order valence-corrected chi connectivity index (χ1v) is 8.05. The average molecular weight is 273 g/mol. The Morgan fingerprint density at radius 2 is 1.65 bits per heavy atom. The number of nitrogens with zero attached hydrogens (tertiary/aromatic N) is 2. The Bertz CT molecular complexity index is 511. The molecule has 4 heteroatoms. The molecule has 4 nitrogen and oxygen atoms in total. The van der Waals surface area contributed by atoms with Crippen molar-refractivity contribution < 1.29 is 4.79 Å². The van der Waals surface area contributed by atoms with Crippen LogP contribution in [0.1, 0.15) is 35.4 Å². The van der Waals surface area contributed by atoms with Crippen LogP contribution in [0.5, 0.6) is 0 Å². The van der Waals surface area contributed by atoms with Crippen molar-refractivity contribution in [1.29, 1.82) is 0 Å². The minimum Gasteiger partial charge on any atom is -0.348 e. The van der Waals surface area contributed by atoms with Gasteiger partial charge in [-0.25, -0.2) is 0 Å². The van der Waals surface area contributed by atoms with E-state index in [0.29, 0.717) is 12.3 Å². The van der Waals surface area contributed by atoms with Crippen LogP contribution in [0.3, 0.4) is 0 Å². The first kappa shape index (κ1) is 12.5. The maximum Gasteiger partial charge on any atom is 0.224 e. The van der Waals surface area contributed by atoms with Gasteiger partial charge in [0.2, 0.25) is 5.91 Å². The number of fused-ring (bicyclic) bond motifs is 5. The van der Waals surface area contributed by atoms with Gasteiger partial charge in [-0.3, -0.25) is 4.79 Å². The van der Waals surface area contributed by atoms with Crippen molar-refractivity contribution >= 4 is 5.91 Å². The zero-order valence-corrected chi connectivity index (χ0v) is 12.1. The predicted octanol–water partition coefficient (Wildman–Crippen LogP) is 0.897. The highest BCUT2D eigenvalue weighted by molar-refractivity contribution is 5.76. The number of hydrogen-bond acceptors (Lipinski definition) is 2. The largest absolute Gasteiger partial charge is 0.348 e. The second-order valence-electron chi connectivity index (χ2n) is 6.24. The first-order chi connectivity index (χ1) is 9.84. The third kappa shape index (κ3) is 1.89. The maximum atomic E-state index is 12.3. The molecule has 1 saturated heterocycles. The fourth-order valence-corrected chi connectivity index (χ4v) is 4.05. The number of nitrogens with one attached hydrogen (secondary N) is 1. The van der Waals surface area contributed by atoms with Crippen molar-refractivity contribution in [2.24, 2.45) is 0 Å². The molecule has 3 heterocycles. The molecular weight excluding hydrogens is 250 g/mol. The lowest BCUT2D eigenvalue weighted by Gasteiger charge is -2.28.